The Labute approximate surface area is 177 Å². The first kappa shape index (κ1) is 19.4. The van der Waals surface area contributed by atoms with Crippen molar-refractivity contribution in [2.45, 2.75) is 25.3 Å². The highest BCUT2D eigenvalue weighted by atomic mass is 19.1. The predicted octanol–water partition coefficient (Wildman–Crippen LogP) is 2.10. The molecule has 3 heterocycles. The number of aromatic nitrogens is 2. The van der Waals surface area contributed by atoms with Gasteiger partial charge in [0.1, 0.15) is 12.4 Å². The SMILES string of the molecule is O=C(c1cc(Cc2n[nH]c(=O)c3ccccc23)ccc1F)N1CC(=O)N2CCCC2C1. The van der Waals surface area contributed by atoms with Crippen LogP contribution in [0.3, 0.4) is 0 Å². The Balaban J connectivity index is 1.44. The van der Waals surface area contributed by atoms with Crippen LogP contribution in [0.5, 0.6) is 0 Å². The number of piperazine rings is 1. The zero-order valence-corrected chi connectivity index (χ0v) is 16.8. The van der Waals surface area contributed by atoms with Gasteiger partial charge in [-0.05, 0) is 36.6 Å². The van der Waals surface area contributed by atoms with E-state index in [4.69, 9.17) is 0 Å². The van der Waals surface area contributed by atoms with Gasteiger partial charge in [0.05, 0.1) is 16.6 Å². The lowest BCUT2D eigenvalue weighted by molar-refractivity contribution is -0.136. The molecule has 0 bridgehead atoms. The van der Waals surface area contributed by atoms with Crippen LogP contribution in [-0.2, 0) is 11.2 Å². The second-order valence-corrected chi connectivity index (χ2v) is 8.10. The third-order valence-corrected chi connectivity index (χ3v) is 6.15. The Bertz CT molecular complexity index is 1260. The molecule has 31 heavy (non-hydrogen) atoms. The van der Waals surface area contributed by atoms with Crippen molar-refractivity contribution in [3.05, 3.63) is 75.5 Å². The molecular formula is C23H21FN4O3. The normalized spacial score (nSPS) is 18.5. The van der Waals surface area contributed by atoms with E-state index >= 15 is 0 Å². The van der Waals surface area contributed by atoms with Gasteiger partial charge in [0.2, 0.25) is 5.91 Å². The highest BCUT2D eigenvalue weighted by Gasteiger charge is 2.38. The lowest BCUT2D eigenvalue weighted by atomic mass is 10.0. The van der Waals surface area contributed by atoms with Gasteiger partial charge in [-0.15, -0.1) is 0 Å². The number of nitrogens with zero attached hydrogens (tertiary/aromatic N) is 3. The Hall–Kier alpha value is -3.55. The summed E-state index contributed by atoms with van der Waals surface area (Å²) in [6, 6.07) is 11.6. The van der Waals surface area contributed by atoms with Crippen LogP contribution in [-0.4, -0.2) is 57.5 Å². The zero-order valence-electron chi connectivity index (χ0n) is 16.8. The highest BCUT2D eigenvalue weighted by molar-refractivity contribution is 5.97. The summed E-state index contributed by atoms with van der Waals surface area (Å²) in [5.74, 6) is -1.17. The number of hydrogen-bond acceptors (Lipinski definition) is 4. The molecule has 1 atom stereocenters. The maximum Gasteiger partial charge on any atom is 0.272 e. The number of halogens is 1. The van der Waals surface area contributed by atoms with E-state index in [0.29, 0.717) is 35.0 Å². The van der Waals surface area contributed by atoms with Gasteiger partial charge in [0.15, 0.2) is 0 Å². The van der Waals surface area contributed by atoms with Crippen LogP contribution in [0, 0.1) is 5.82 Å². The summed E-state index contributed by atoms with van der Waals surface area (Å²) in [5, 5.41) is 7.89. The fraction of sp³-hybridized carbons (Fsp3) is 0.304. The summed E-state index contributed by atoms with van der Waals surface area (Å²) in [4.78, 5) is 40.7. The molecule has 0 aliphatic carbocycles. The van der Waals surface area contributed by atoms with Crippen molar-refractivity contribution in [3.8, 4) is 0 Å². The van der Waals surface area contributed by atoms with E-state index in [9.17, 15) is 18.8 Å². The minimum absolute atomic E-state index is 0.0214. The fourth-order valence-electron chi connectivity index (χ4n) is 4.60. The van der Waals surface area contributed by atoms with Gasteiger partial charge in [-0.3, -0.25) is 14.4 Å². The summed E-state index contributed by atoms with van der Waals surface area (Å²) in [6.45, 7) is 1.14. The minimum Gasteiger partial charge on any atom is -0.336 e. The first-order valence-electron chi connectivity index (χ1n) is 10.3. The molecule has 2 aromatic carbocycles. The molecule has 8 heteroatoms. The van der Waals surface area contributed by atoms with Gasteiger partial charge in [-0.1, -0.05) is 24.3 Å². The van der Waals surface area contributed by atoms with E-state index in [0.717, 1.165) is 19.4 Å². The molecule has 7 nitrogen and oxygen atoms in total. The molecule has 2 aliphatic heterocycles. The summed E-state index contributed by atoms with van der Waals surface area (Å²) in [5.41, 5.74) is 1.01. The molecule has 0 spiro atoms. The highest BCUT2D eigenvalue weighted by Crippen LogP contribution is 2.25. The molecule has 2 saturated heterocycles. The van der Waals surface area contributed by atoms with E-state index < -0.39 is 11.7 Å². The number of fused-ring (bicyclic) bond motifs is 2. The smallest absolute Gasteiger partial charge is 0.272 e. The maximum atomic E-state index is 14.6. The molecule has 2 fully saturated rings. The van der Waals surface area contributed by atoms with E-state index in [1.54, 1.807) is 18.2 Å². The minimum atomic E-state index is -0.616. The van der Waals surface area contributed by atoms with Crippen molar-refractivity contribution in [1.29, 1.82) is 0 Å². The molecule has 2 aliphatic rings. The average molecular weight is 420 g/mol. The second-order valence-electron chi connectivity index (χ2n) is 8.10. The lowest BCUT2D eigenvalue weighted by Crippen LogP contribution is -2.55. The van der Waals surface area contributed by atoms with E-state index in [-0.39, 0.29) is 29.6 Å². The number of nitrogens with one attached hydrogen (secondary N) is 1. The first-order chi connectivity index (χ1) is 15.0. The zero-order chi connectivity index (χ0) is 21.5. The van der Waals surface area contributed by atoms with Gasteiger partial charge < -0.3 is 9.80 Å². The van der Waals surface area contributed by atoms with Crippen molar-refractivity contribution in [2.24, 2.45) is 0 Å². The topological polar surface area (TPSA) is 86.4 Å². The largest absolute Gasteiger partial charge is 0.336 e. The third-order valence-electron chi connectivity index (χ3n) is 6.15. The number of aromatic amines is 1. The first-order valence-corrected chi connectivity index (χ1v) is 10.3. The van der Waals surface area contributed by atoms with Gasteiger partial charge in [-0.2, -0.15) is 5.10 Å². The van der Waals surface area contributed by atoms with Crippen LogP contribution >= 0.6 is 0 Å². The van der Waals surface area contributed by atoms with E-state index in [2.05, 4.69) is 10.2 Å². The number of amides is 2. The quantitative estimate of drug-likeness (QED) is 0.703. The Morgan fingerprint density at radius 1 is 1.16 bits per heavy atom. The van der Waals surface area contributed by atoms with Crippen LogP contribution in [0.1, 0.15) is 34.5 Å². The number of H-pyrrole nitrogens is 1. The number of benzene rings is 2. The summed E-state index contributed by atoms with van der Waals surface area (Å²) < 4.78 is 14.6. The van der Waals surface area contributed by atoms with Crippen molar-refractivity contribution in [2.75, 3.05) is 19.6 Å². The maximum absolute atomic E-state index is 14.6. The van der Waals surface area contributed by atoms with Crippen LogP contribution in [0.25, 0.3) is 10.8 Å². The standard InChI is InChI=1S/C23H21FN4O3/c24-19-8-7-14(11-20-16-5-1-2-6-17(16)22(30)26-25-20)10-18(19)23(31)27-12-15-4-3-9-28(15)21(29)13-27/h1-2,5-8,10,15H,3-4,9,11-13H2,(H,26,30). The van der Waals surface area contributed by atoms with E-state index in [1.807, 2.05) is 17.0 Å². The van der Waals surface area contributed by atoms with Crippen molar-refractivity contribution in [3.63, 3.8) is 0 Å². The second kappa shape index (κ2) is 7.61. The molecule has 0 saturated carbocycles. The third kappa shape index (κ3) is 3.48. The predicted molar refractivity (Wildman–Crippen MR) is 112 cm³/mol. The summed E-state index contributed by atoms with van der Waals surface area (Å²) in [6.07, 6.45) is 2.12. The average Bonchev–Trinajstić information content (AvgIpc) is 3.26. The molecule has 1 unspecified atom stereocenters. The van der Waals surface area contributed by atoms with Crippen LogP contribution in [0.15, 0.2) is 47.3 Å². The van der Waals surface area contributed by atoms with Gasteiger partial charge in [0, 0.05) is 30.9 Å². The monoisotopic (exact) mass is 420 g/mol. The Morgan fingerprint density at radius 2 is 1.97 bits per heavy atom. The van der Waals surface area contributed by atoms with E-state index in [1.165, 1.54) is 17.0 Å². The Morgan fingerprint density at radius 3 is 2.81 bits per heavy atom. The number of rotatable bonds is 3. The van der Waals surface area contributed by atoms with Crippen LogP contribution in [0.2, 0.25) is 0 Å². The molecule has 5 rings (SSSR count). The molecule has 158 valence electrons. The number of carbonyl (C=O) groups excluding carboxylic acids is 2. The number of hydrogen-bond donors (Lipinski definition) is 1. The molecule has 1 N–H and O–H groups in total. The fourth-order valence-corrected chi connectivity index (χ4v) is 4.60. The molecule has 3 aromatic rings. The number of carbonyl (C=O) groups is 2. The van der Waals surface area contributed by atoms with Crippen LogP contribution in [0.4, 0.5) is 4.39 Å². The molecule has 2 amide bonds. The summed E-state index contributed by atoms with van der Waals surface area (Å²) in [7, 11) is 0. The molecular weight excluding hydrogens is 399 g/mol. The van der Waals surface area contributed by atoms with Gasteiger partial charge in [-0.25, -0.2) is 9.49 Å². The summed E-state index contributed by atoms with van der Waals surface area (Å²) >= 11 is 0. The van der Waals surface area contributed by atoms with Crippen molar-refractivity contribution < 1.29 is 14.0 Å². The van der Waals surface area contributed by atoms with Gasteiger partial charge >= 0.3 is 0 Å². The molecule has 0 radical (unpaired) electrons. The van der Waals surface area contributed by atoms with Gasteiger partial charge in [0.25, 0.3) is 11.5 Å². The van der Waals surface area contributed by atoms with Crippen molar-refractivity contribution in [1.82, 2.24) is 20.0 Å². The van der Waals surface area contributed by atoms with Crippen LogP contribution < -0.4 is 5.56 Å². The Kier molecular flexibility index (Phi) is 4.77. The molecule has 1 aromatic heterocycles. The lowest BCUT2D eigenvalue weighted by Gasteiger charge is -2.37. The van der Waals surface area contributed by atoms with Crippen molar-refractivity contribution >= 4 is 22.6 Å².